The van der Waals surface area contributed by atoms with Gasteiger partial charge in [-0.05, 0) is 35.4 Å². The van der Waals surface area contributed by atoms with Gasteiger partial charge in [0.2, 0.25) is 0 Å². The minimum absolute atomic E-state index is 0.0221. The van der Waals surface area contributed by atoms with Crippen molar-refractivity contribution < 1.29 is 9.90 Å². The van der Waals surface area contributed by atoms with E-state index in [1.165, 1.54) is 11.8 Å². The minimum Gasteiger partial charge on any atom is -0.476 e. The summed E-state index contributed by atoms with van der Waals surface area (Å²) in [7, 11) is 0. The fourth-order valence-corrected chi connectivity index (χ4v) is 2.81. The number of nitrogens with zero attached hydrogens (tertiary/aromatic N) is 3. The Morgan fingerprint density at radius 3 is 2.26 bits per heavy atom. The summed E-state index contributed by atoms with van der Waals surface area (Å²) in [5.41, 5.74) is 2.62. The molecule has 0 aliphatic carbocycles. The number of H-pyrrole nitrogens is 1. The van der Waals surface area contributed by atoms with Crippen molar-refractivity contribution in [2.24, 2.45) is 0 Å². The summed E-state index contributed by atoms with van der Waals surface area (Å²) in [6.07, 6.45) is 0. The molecule has 1 heterocycles. The first-order valence-electron chi connectivity index (χ1n) is 6.60. The average Bonchev–Trinajstić information content (AvgIpc) is 3.04. The lowest BCUT2D eigenvalue weighted by Crippen LogP contribution is -1.98. The number of aromatic carboxylic acids is 1. The van der Waals surface area contributed by atoms with Crippen molar-refractivity contribution in [3.8, 4) is 17.2 Å². The van der Waals surface area contributed by atoms with Crippen LogP contribution in [-0.4, -0.2) is 26.5 Å². The van der Waals surface area contributed by atoms with Crippen LogP contribution in [0.3, 0.4) is 0 Å². The molecule has 0 aliphatic heterocycles. The average molecular weight is 322 g/mol. The number of hydrogen-bond donors (Lipinski definition) is 2. The van der Waals surface area contributed by atoms with E-state index in [2.05, 4.69) is 21.5 Å². The van der Waals surface area contributed by atoms with E-state index in [1.807, 2.05) is 36.4 Å². The second-order valence-electron chi connectivity index (χ2n) is 4.61. The molecule has 0 radical (unpaired) electrons. The molecule has 23 heavy (non-hydrogen) atoms. The Hall–Kier alpha value is -3.11. The molecule has 0 saturated carbocycles. The van der Waals surface area contributed by atoms with Crippen molar-refractivity contribution in [1.82, 2.24) is 15.4 Å². The van der Waals surface area contributed by atoms with Gasteiger partial charge in [-0.15, -0.1) is 5.10 Å². The Kier molecular flexibility index (Phi) is 4.08. The van der Waals surface area contributed by atoms with Gasteiger partial charge in [-0.1, -0.05) is 41.2 Å². The highest BCUT2D eigenvalue weighted by molar-refractivity contribution is 7.99. The lowest BCUT2D eigenvalue weighted by Gasteiger charge is -2.04. The highest BCUT2D eigenvalue weighted by Crippen LogP contribution is 2.30. The van der Waals surface area contributed by atoms with E-state index >= 15 is 0 Å². The Morgan fingerprint density at radius 1 is 1.09 bits per heavy atom. The number of rotatable bonds is 4. The van der Waals surface area contributed by atoms with Gasteiger partial charge in [0.05, 0.1) is 11.6 Å². The monoisotopic (exact) mass is 322 g/mol. The van der Waals surface area contributed by atoms with Gasteiger partial charge in [0.15, 0.2) is 10.7 Å². The van der Waals surface area contributed by atoms with E-state index in [0.29, 0.717) is 10.6 Å². The number of carbonyl (C=O) groups is 1. The van der Waals surface area contributed by atoms with Crippen LogP contribution in [0.5, 0.6) is 0 Å². The lowest BCUT2D eigenvalue weighted by atomic mass is 10.0. The molecular formula is C16H10N4O2S. The third-order valence-electron chi connectivity index (χ3n) is 3.15. The molecule has 112 valence electrons. The first kappa shape index (κ1) is 14.8. The smallest absolute Gasteiger partial charge is 0.356 e. The molecule has 0 aliphatic rings. The van der Waals surface area contributed by atoms with Gasteiger partial charge in [-0.25, -0.2) is 4.79 Å². The van der Waals surface area contributed by atoms with E-state index in [4.69, 9.17) is 10.4 Å². The van der Waals surface area contributed by atoms with Crippen molar-refractivity contribution in [2.75, 3.05) is 0 Å². The molecule has 3 rings (SSSR count). The molecule has 7 heteroatoms. The van der Waals surface area contributed by atoms with Gasteiger partial charge >= 0.3 is 5.97 Å². The van der Waals surface area contributed by atoms with E-state index in [0.717, 1.165) is 16.0 Å². The van der Waals surface area contributed by atoms with E-state index in [1.54, 1.807) is 12.1 Å². The summed E-state index contributed by atoms with van der Waals surface area (Å²) in [6, 6.07) is 17.1. The van der Waals surface area contributed by atoms with Crippen LogP contribution in [0.2, 0.25) is 0 Å². The van der Waals surface area contributed by atoms with Crippen molar-refractivity contribution in [1.29, 1.82) is 5.26 Å². The molecule has 0 saturated heterocycles. The highest BCUT2D eigenvalue weighted by Gasteiger charge is 2.15. The molecule has 0 bridgehead atoms. The number of nitriles is 1. The molecule has 0 spiro atoms. The maximum absolute atomic E-state index is 11.0. The van der Waals surface area contributed by atoms with E-state index in [-0.39, 0.29) is 5.69 Å². The Balaban J connectivity index is 1.80. The quantitative estimate of drug-likeness (QED) is 0.764. The maximum Gasteiger partial charge on any atom is 0.356 e. The number of nitrogens with one attached hydrogen (secondary N) is 1. The second-order valence-corrected chi connectivity index (χ2v) is 5.67. The molecule has 2 N–H and O–H groups in total. The van der Waals surface area contributed by atoms with Gasteiger partial charge < -0.3 is 5.11 Å². The van der Waals surface area contributed by atoms with Crippen LogP contribution in [0.15, 0.2) is 58.5 Å². The minimum atomic E-state index is -1.09. The van der Waals surface area contributed by atoms with Crippen LogP contribution in [0.4, 0.5) is 0 Å². The van der Waals surface area contributed by atoms with Crippen LogP contribution >= 0.6 is 11.8 Å². The van der Waals surface area contributed by atoms with Gasteiger partial charge in [0, 0.05) is 4.90 Å². The van der Waals surface area contributed by atoms with Gasteiger partial charge in [0.1, 0.15) is 0 Å². The molecular weight excluding hydrogens is 312 g/mol. The molecule has 0 amide bonds. The molecule has 3 aromatic rings. The zero-order chi connectivity index (χ0) is 16.2. The molecule has 1 aromatic heterocycles. The summed E-state index contributed by atoms with van der Waals surface area (Å²) in [4.78, 5) is 11.9. The lowest BCUT2D eigenvalue weighted by molar-refractivity contribution is 0.0686. The van der Waals surface area contributed by atoms with Crippen molar-refractivity contribution in [2.45, 2.75) is 9.92 Å². The van der Waals surface area contributed by atoms with Crippen LogP contribution in [0, 0.1) is 11.3 Å². The van der Waals surface area contributed by atoms with Crippen LogP contribution in [0.25, 0.3) is 11.1 Å². The summed E-state index contributed by atoms with van der Waals surface area (Å²) in [6.45, 7) is 0. The van der Waals surface area contributed by atoms with Gasteiger partial charge in [-0.3, -0.25) is 5.10 Å². The Labute approximate surface area is 135 Å². The number of benzene rings is 2. The molecule has 6 nitrogen and oxygen atoms in total. The van der Waals surface area contributed by atoms with Crippen LogP contribution < -0.4 is 0 Å². The topological polar surface area (TPSA) is 103 Å². The number of aromatic amines is 1. The zero-order valence-electron chi connectivity index (χ0n) is 11.7. The first-order chi connectivity index (χ1) is 11.2. The van der Waals surface area contributed by atoms with E-state index in [9.17, 15) is 4.79 Å². The Bertz CT molecular complexity index is 880. The standard InChI is InChI=1S/C16H10N4O2S/c17-9-10-1-3-11(4-2-10)12-5-7-13(8-6-12)23-15-14(16(21)22)18-20-19-15/h1-8H,(H,21,22)(H,18,19,20). The molecule has 0 unspecified atom stereocenters. The summed E-state index contributed by atoms with van der Waals surface area (Å²) in [5.74, 6) is -1.09. The summed E-state index contributed by atoms with van der Waals surface area (Å²) >= 11 is 1.23. The molecule has 0 fully saturated rings. The van der Waals surface area contributed by atoms with Gasteiger partial charge in [0.25, 0.3) is 0 Å². The second kappa shape index (κ2) is 6.34. The van der Waals surface area contributed by atoms with Gasteiger partial charge in [-0.2, -0.15) is 5.26 Å². The normalized spacial score (nSPS) is 10.2. The largest absolute Gasteiger partial charge is 0.476 e. The third kappa shape index (κ3) is 3.22. The molecule has 0 atom stereocenters. The zero-order valence-corrected chi connectivity index (χ0v) is 12.5. The Morgan fingerprint density at radius 2 is 1.70 bits per heavy atom. The first-order valence-corrected chi connectivity index (χ1v) is 7.42. The van der Waals surface area contributed by atoms with Crippen molar-refractivity contribution in [3.63, 3.8) is 0 Å². The number of hydrogen-bond acceptors (Lipinski definition) is 5. The molecule has 2 aromatic carbocycles. The van der Waals surface area contributed by atoms with Crippen LogP contribution in [-0.2, 0) is 0 Å². The fraction of sp³-hybridized carbons (Fsp3) is 0. The highest BCUT2D eigenvalue weighted by atomic mass is 32.2. The maximum atomic E-state index is 11.0. The summed E-state index contributed by atoms with van der Waals surface area (Å²) < 4.78 is 0. The number of carboxylic acids is 1. The predicted molar refractivity (Wildman–Crippen MR) is 84.1 cm³/mol. The SMILES string of the molecule is N#Cc1ccc(-c2ccc(Sc3nn[nH]c3C(=O)O)cc2)cc1. The van der Waals surface area contributed by atoms with Crippen molar-refractivity contribution >= 4 is 17.7 Å². The number of aromatic nitrogens is 3. The fourth-order valence-electron chi connectivity index (χ4n) is 1.99. The summed E-state index contributed by atoms with van der Waals surface area (Å²) in [5, 5.41) is 27.8. The third-order valence-corrected chi connectivity index (χ3v) is 4.13. The predicted octanol–water partition coefficient (Wildman–Crippen LogP) is 3.19. The van der Waals surface area contributed by atoms with Crippen LogP contribution in [0.1, 0.15) is 16.1 Å². The van der Waals surface area contributed by atoms with Crippen molar-refractivity contribution in [3.05, 3.63) is 59.8 Å². The number of carboxylic acid groups (broad SMARTS) is 1. The van der Waals surface area contributed by atoms with E-state index < -0.39 is 5.97 Å².